The van der Waals surface area contributed by atoms with Gasteiger partial charge in [-0.25, -0.2) is 4.79 Å². The predicted molar refractivity (Wildman–Crippen MR) is 165 cm³/mol. The van der Waals surface area contributed by atoms with Crippen molar-refractivity contribution in [1.82, 2.24) is 5.32 Å². The molecule has 4 rings (SSSR count). The van der Waals surface area contributed by atoms with Gasteiger partial charge in [0.05, 0.1) is 5.00 Å². The third kappa shape index (κ3) is 8.28. The number of aliphatic carboxylic acids is 1. The average Bonchev–Trinajstić information content (AvgIpc) is 3.37. The van der Waals surface area contributed by atoms with Gasteiger partial charge in [0.1, 0.15) is 6.04 Å². The first-order valence-corrected chi connectivity index (χ1v) is 15.2. The molecule has 3 aromatic carbocycles. The molecule has 204 valence electrons. The van der Waals surface area contributed by atoms with Crippen LogP contribution in [0, 0.1) is 13.8 Å². The van der Waals surface area contributed by atoms with E-state index < -0.39 is 12.0 Å². The summed E-state index contributed by atoms with van der Waals surface area (Å²) in [6.45, 7) is 5.56. The van der Waals surface area contributed by atoms with Crippen LogP contribution in [0.25, 0.3) is 11.1 Å². The molecule has 2 N–H and O–H groups in total. The Hall–Kier alpha value is -2.95. The molecule has 0 aliphatic rings. The fourth-order valence-corrected chi connectivity index (χ4v) is 5.91. The molecule has 8 heteroatoms. The average molecular weight is 567 g/mol. The summed E-state index contributed by atoms with van der Waals surface area (Å²) < 4.78 is 0. The zero-order chi connectivity index (χ0) is 27.8. The fraction of sp³-hybridized carbons (Fsp3) is 0.250. The van der Waals surface area contributed by atoms with Crippen LogP contribution >= 0.6 is 23.1 Å². The Morgan fingerprint density at radius 3 is 2.30 bits per heavy atom. The third-order valence-corrected chi connectivity index (χ3v) is 8.35. The second-order valence-corrected chi connectivity index (χ2v) is 11.5. The van der Waals surface area contributed by atoms with Gasteiger partial charge < -0.3 is 16.7 Å². The molecule has 5 nitrogen and oxygen atoms in total. The monoisotopic (exact) mass is 566 g/mol. The number of nitrogens with one attached hydrogen (secondary N) is 1. The number of carboxylic acid groups (broad SMARTS) is 1. The van der Waals surface area contributed by atoms with Crippen molar-refractivity contribution in [2.75, 3.05) is 16.9 Å². The van der Waals surface area contributed by atoms with E-state index >= 15 is 0 Å². The number of thioether (sulfide) groups is 1. The molecule has 0 bridgehead atoms. The number of hydrogen-bond acceptors (Lipinski definition) is 5. The number of amides is 1. The van der Waals surface area contributed by atoms with E-state index in [1.165, 1.54) is 16.1 Å². The van der Waals surface area contributed by atoms with E-state index in [1.807, 2.05) is 55.6 Å². The molecule has 1 atom stereocenters. The molecule has 0 aliphatic heterocycles. The predicted octanol–water partition coefficient (Wildman–Crippen LogP) is 4.29. The number of rotatable bonds is 12. The number of carbonyl (C=O) groups excluding carboxylic acids is 1. The van der Waals surface area contributed by atoms with Gasteiger partial charge in [-0.2, -0.15) is 11.8 Å². The molecule has 0 saturated heterocycles. The summed E-state index contributed by atoms with van der Waals surface area (Å²) in [5.74, 6) is -0.738. The maximum Gasteiger partial charge on any atom is 1.00 e. The number of carboxylic acids is 1. The van der Waals surface area contributed by atoms with Crippen LogP contribution in [-0.4, -0.2) is 35.0 Å². The van der Waals surface area contributed by atoms with Crippen LogP contribution in [0.4, 0.5) is 5.00 Å². The largest absolute Gasteiger partial charge is 1.00 e. The van der Waals surface area contributed by atoms with E-state index in [0.717, 1.165) is 28.8 Å². The Morgan fingerprint density at radius 1 is 0.950 bits per heavy atom. The van der Waals surface area contributed by atoms with E-state index in [0.29, 0.717) is 24.3 Å². The summed E-state index contributed by atoms with van der Waals surface area (Å²) in [7, 11) is 0. The summed E-state index contributed by atoms with van der Waals surface area (Å²) in [6, 6.07) is 25.5. The molecular weight excluding hydrogens is 531 g/mol. The van der Waals surface area contributed by atoms with Gasteiger partial charge >= 0.3 is 24.8 Å². The molecule has 1 aromatic heterocycles. The Labute approximate surface area is 258 Å². The van der Waals surface area contributed by atoms with Crippen molar-refractivity contribution in [3.63, 3.8) is 0 Å². The number of carbonyl (C=O) groups is 2. The topological polar surface area (TPSA) is 69.6 Å². The molecule has 1 unspecified atom stereocenters. The van der Waals surface area contributed by atoms with Gasteiger partial charge in [0.25, 0.3) is 5.91 Å². The fourth-order valence-electron chi connectivity index (χ4n) is 4.53. The summed E-state index contributed by atoms with van der Waals surface area (Å²) in [4.78, 5) is 27.6. The van der Waals surface area contributed by atoms with Gasteiger partial charge in [-0.05, 0) is 89.2 Å². The summed E-state index contributed by atoms with van der Waals surface area (Å²) in [5.41, 5.74) is 6.82. The van der Waals surface area contributed by atoms with E-state index in [1.54, 1.807) is 23.1 Å². The van der Waals surface area contributed by atoms with Crippen molar-refractivity contribution in [3.05, 3.63) is 112 Å². The van der Waals surface area contributed by atoms with Crippen molar-refractivity contribution >= 4 is 40.0 Å². The van der Waals surface area contributed by atoms with E-state index in [-0.39, 0.29) is 26.2 Å². The van der Waals surface area contributed by atoms with Gasteiger partial charge in [0, 0.05) is 18.7 Å². The Kier molecular flexibility index (Phi) is 12.0. The van der Waals surface area contributed by atoms with Crippen LogP contribution in [-0.2, 0) is 17.9 Å². The van der Waals surface area contributed by atoms with Gasteiger partial charge in [0.2, 0.25) is 0 Å². The first kappa shape index (κ1) is 31.6. The molecule has 0 saturated carbocycles. The minimum absolute atomic E-state index is 0. The summed E-state index contributed by atoms with van der Waals surface area (Å²) in [6.07, 6.45) is 2.29. The van der Waals surface area contributed by atoms with E-state index in [2.05, 4.69) is 58.9 Å². The third-order valence-electron chi connectivity index (χ3n) is 6.60. The number of anilines is 1. The Morgan fingerprint density at radius 2 is 1.65 bits per heavy atom. The second-order valence-electron chi connectivity index (χ2n) is 9.64. The maximum atomic E-state index is 13.4. The molecule has 0 spiro atoms. The van der Waals surface area contributed by atoms with Gasteiger partial charge in [0.15, 0.2) is 0 Å². The molecule has 1 amide bonds. The van der Waals surface area contributed by atoms with Crippen LogP contribution in [0.15, 0.2) is 84.2 Å². The summed E-state index contributed by atoms with van der Waals surface area (Å²) >= 11 is 3.29. The van der Waals surface area contributed by atoms with Gasteiger partial charge in [-0.15, -0.1) is 11.3 Å². The van der Waals surface area contributed by atoms with Crippen molar-refractivity contribution < 1.29 is 35.0 Å². The molecule has 0 radical (unpaired) electrons. The zero-order valence-corrected chi connectivity index (χ0v) is 25.1. The quantitative estimate of drug-likeness (QED) is 0.251. The van der Waals surface area contributed by atoms with Crippen molar-refractivity contribution in [2.24, 2.45) is 0 Å². The van der Waals surface area contributed by atoms with Gasteiger partial charge in [-0.3, -0.25) is 4.79 Å². The number of benzene rings is 3. The number of nitrogens with zero attached hydrogens (tertiary/aromatic N) is 1. The number of hydrogen-bond donors (Lipinski definition) is 2. The van der Waals surface area contributed by atoms with Crippen molar-refractivity contribution in [3.8, 4) is 11.1 Å². The normalized spacial score (nSPS) is 11.4. The molecule has 1 heterocycles. The molecular formula is C32H35LiN2O3S2. The van der Waals surface area contributed by atoms with Crippen molar-refractivity contribution in [1.29, 1.82) is 0 Å². The Bertz CT molecular complexity index is 1430. The standard InChI is InChI=1S/C32H34N2O3S2.Li.H/c1-22-17-30(39-21-22)34(19-24-10-5-4-6-11-24)20-25-13-14-27(28(18-25)26-12-8-7-9-23(26)2)31(35)33-29(32(36)37)15-16-38-3;;/h4-14,17-18,21,29H,15-16,19-20H2,1-3H3,(H,33,35)(H,36,37);;/q;+1;-1. The SMILES string of the molecule is CSCCC(NC(=O)c1ccc(CN(Cc2ccccc2)c2cc(C)cs2)cc1-c1ccccc1C)C(=O)O.[H-].[Li+]. The molecule has 0 aliphatic carbocycles. The summed E-state index contributed by atoms with van der Waals surface area (Å²) in [5, 5.41) is 15.8. The molecule has 4 aromatic rings. The minimum Gasteiger partial charge on any atom is -1.00 e. The first-order valence-electron chi connectivity index (χ1n) is 12.9. The van der Waals surface area contributed by atoms with Crippen LogP contribution in [0.1, 0.15) is 40.5 Å². The van der Waals surface area contributed by atoms with E-state index in [9.17, 15) is 14.7 Å². The van der Waals surface area contributed by atoms with E-state index in [4.69, 9.17) is 0 Å². The minimum atomic E-state index is -1.02. The first-order chi connectivity index (χ1) is 18.9. The number of aryl methyl sites for hydroxylation is 2. The van der Waals surface area contributed by atoms with Crippen LogP contribution in [0.3, 0.4) is 0 Å². The van der Waals surface area contributed by atoms with Crippen molar-refractivity contribution in [2.45, 2.75) is 39.4 Å². The molecule has 40 heavy (non-hydrogen) atoms. The number of thiophene rings is 1. The second kappa shape index (κ2) is 15.2. The molecule has 0 fully saturated rings. The van der Waals surface area contributed by atoms with Crippen LogP contribution in [0.2, 0.25) is 0 Å². The smallest absolute Gasteiger partial charge is 1.00 e. The zero-order valence-electron chi connectivity index (χ0n) is 24.5. The maximum absolute atomic E-state index is 13.4. The van der Waals surface area contributed by atoms with Crippen LogP contribution in [0.5, 0.6) is 0 Å². The van der Waals surface area contributed by atoms with Gasteiger partial charge in [-0.1, -0.05) is 60.7 Å². The Balaban J connectivity index is 0.00000294. The van der Waals surface area contributed by atoms with Crippen LogP contribution < -0.4 is 29.1 Å².